The van der Waals surface area contributed by atoms with Gasteiger partial charge in [-0.3, -0.25) is 0 Å². The summed E-state index contributed by atoms with van der Waals surface area (Å²) in [5.41, 5.74) is 0. The van der Waals surface area contributed by atoms with E-state index in [2.05, 4.69) is 13.8 Å². The van der Waals surface area contributed by atoms with Crippen LogP contribution in [-0.4, -0.2) is 0 Å². The highest BCUT2D eigenvalue weighted by Gasteiger charge is 2.23. The maximum absolute atomic E-state index is 8.85. The lowest BCUT2D eigenvalue weighted by molar-refractivity contribution is 0.203. The Hall–Kier alpha value is 0. The zero-order chi connectivity index (χ0) is 14.2. The minimum Gasteiger partial charge on any atom is -0.0654 e. The van der Waals surface area contributed by atoms with Gasteiger partial charge in [-0.15, -0.1) is 0 Å². The SMILES string of the molecule is [2H]C1(CCCC)CCCCC1([2H])CCCCCCC. The van der Waals surface area contributed by atoms with Gasteiger partial charge in [0.05, 0.1) is 0 Å². The Morgan fingerprint density at radius 3 is 1.88 bits per heavy atom. The van der Waals surface area contributed by atoms with Crippen LogP contribution >= 0.6 is 0 Å². The lowest BCUT2D eigenvalue weighted by Crippen LogP contribution is -2.19. The topological polar surface area (TPSA) is 0 Å². The summed E-state index contributed by atoms with van der Waals surface area (Å²) in [7, 11) is 0. The lowest BCUT2D eigenvalue weighted by atomic mass is 9.74. The predicted octanol–water partition coefficient (Wildman–Crippen LogP) is 6.34. The smallest absolute Gasteiger partial charge is 0.0306 e. The average Bonchev–Trinajstić information content (AvgIpc) is 2.40. The van der Waals surface area contributed by atoms with Gasteiger partial charge in [0.2, 0.25) is 0 Å². The van der Waals surface area contributed by atoms with Crippen LogP contribution in [-0.2, 0) is 0 Å². The van der Waals surface area contributed by atoms with Gasteiger partial charge in [0.1, 0.15) is 0 Å². The van der Waals surface area contributed by atoms with Crippen LogP contribution in [0.25, 0.3) is 0 Å². The van der Waals surface area contributed by atoms with E-state index in [0.29, 0.717) is 0 Å². The molecule has 0 saturated heterocycles. The summed E-state index contributed by atoms with van der Waals surface area (Å²) in [4.78, 5) is 0. The molecule has 1 aliphatic carbocycles. The first-order valence-electron chi connectivity index (χ1n) is 9.08. The van der Waals surface area contributed by atoms with Gasteiger partial charge in [-0.2, -0.15) is 0 Å². The Morgan fingerprint density at radius 1 is 0.765 bits per heavy atom. The van der Waals surface area contributed by atoms with E-state index in [0.717, 1.165) is 44.9 Å². The third-order valence-electron chi connectivity index (χ3n) is 4.12. The fraction of sp³-hybridized carbons (Fsp3) is 1.00. The largest absolute Gasteiger partial charge is 0.0654 e. The summed E-state index contributed by atoms with van der Waals surface area (Å²) in [6.07, 6.45) is 14.8. The number of hydrogen-bond donors (Lipinski definition) is 0. The van der Waals surface area contributed by atoms with Crippen molar-refractivity contribution in [1.29, 1.82) is 0 Å². The molecular formula is C17H34. The fourth-order valence-corrected chi connectivity index (χ4v) is 2.97. The Balaban J connectivity index is 2.47. The van der Waals surface area contributed by atoms with Gasteiger partial charge in [0.25, 0.3) is 0 Å². The first-order chi connectivity index (χ1) is 9.08. The van der Waals surface area contributed by atoms with Crippen LogP contribution in [0.15, 0.2) is 0 Å². The maximum atomic E-state index is 8.85. The molecule has 17 heavy (non-hydrogen) atoms. The van der Waals surface area contributed by atoms with Crippen LogP contribution in [0, 0.1) is 11.8 Å². The van der Waals surface area contributed by atoms with Gasteiger partial charge in [0.15, 0.2) is 0 Å². The average molecular weight is 240 g/mol. The molecule has 2 atom stereocenters. The molecule has 1 saturated carbocycles. The van der Waals surface area contributed by atoms with E-state index < -0.39 is 11.8 Å². The molecule has 0 bridgehead atoms. The van der Waals surface area contributed by atoms with Crippen molar-refractivity contribution in [3.8, 4) is 0 Å². The van der Waals surface area contributed by atoms with Crippen LogP contribution in [0.5, 0.6) is 0 Å². The highest BCUT2D eigenvalue weighted by molar-refractivity contribution is 4.75. The molecular weight excluding hydrogens is 204 g/mol. The van der Waals surface area contributed by atoms with Gasteiger partial charge in [0, 0.05) is 2.74 Å². The zero-order valence-electron chi connectivity index (χ0n) is 14.2. The van der Waals surface area contributed by atoms with Gasteiger partial charge >= 0.3 is 0 Å². The number of rotatable bonds is 9. The van der Waals surface area contributed by atoms with Gasteiger partial charge in [-0.05, 0) is 11.8 Å². The molecule has 0 spiro atoms. The quantitative estimate of drug-likeness (QED) is 0.412. The van der Waals surface area contributed by atoms with E-state index in [9.17, 15) is 0 Å². The molecule has 0 aliphatic heterocycles. The van der Waals surface area contributed by atoms with Crippen LogP contribution in [0.4, 0.5) is 0 Å². The number of hydrogen-bond acceptors (Lipinski definition) is 0. The van der Waals surface area contributed by atoms with E-state index >= 15 is 0 Å². The van der Waals surface area contributed by atoms with Crippen molar-refractivity contribution in [2.75, 3.05) is 0 Å². The normalized spacial score (nSPS) is 35.4. The first-order valence-corrected chi connectivity index (χ1v) is 8.08. The Kier molecular flexibility index (Phi) is 7.07. The van der Waals surface area contributed by atoms with E-state index in [1.54, 1.807) is 0 Å². The Morgan fingerprint density at radius 2 is 1.29 bits per heavy atom. The molecule has 1 rings (SSSR count). The molecule has 0 amide bonds. The first kappa shape index (κ1) is 12.1. The molecule has 0 nitrogen and oxygen atoms in total. The summed E-state index contributed by atoms with van der Waals surface area (Å²) in [6, 6.07) is 0. The number of unbranched alkanes of at least 4 members (excludes halogenated alkanes) is 5. The molecule has 0 aromatic heterocycles. The second-order valence-electron chi connectivity index (χ2n) is 5.68. The summed E-state index contributed by atoms with van der Waals surface area (Å²) in [5, 5.41) is 0. The van der Waals surface area contributed by atoms with Crippen LogP contribution in [0.1, 0.15) is 100 Å². The van der Waals surface area contributed by atoms with Gasteiger partial charge < -0.3 is 0 Å². The highest BCUT2D eigenvalue weighted by Crippen LogP contribution is 2.36. The molecule has 2 unspecified atom stereocenters. The summed E-state index contributed by atoms with van der Waals surface area (Å²) < 4.78 is 17.7. The van der Waals surface area contributed by atoms with Crippen molar-refractivity contribution in [2.24, 2.45) is 11.8 Å². The molecule has 0 N–H and O–H groups in total. The predicted molar refractivity (Wildman–Crippen MR) is 78.3 cm³/mol. The zero-order valence-corrected chi connectivity index (χ0v) is 12.2. The monoisotopic (exact) mass is 240 g/mol. The second kappa shape index (κ2) is 9.97. The van der Waals surface area contributed by atoms with Crippen molar-refractivity contribution < 1.29 is 2.74 Å². The van der Waals surface area contributed by atoms with Crippen molar-refractivity contribution in [3.63, 3.8) is 0 Å². The van der Waals surface area contributed by atoms with Crippen molar-refractivity contribution >= 4 is 0 Å². The summed E-state index contributed by atoms with van der Waals surface area (Å²) >= 11 is 0. The van der Waals surface area contributed by atoms with E-state index in [4.69, 9.17) is 2.74 Å². The third kappa shape index (κ3) is 6.48. The third-order valence-corrected chi connectivity index (χ3v) is 4.12. The lowest BCUT2D eigenvalue weighted by Gasteiger charge is -2.31. The van der Waals surface area contributed by atoms with Crippen LogP contribution in [0.2, 0.25) is 0 Å². The highest BCUT2D eigenvalue weighted by atomic mass is 14.3. The molecule has 102 valence electrons. The minimum atomic E-state index is -0.452. The van der Waals surface area contributed by atoms with E-state index in [-0.39, 0.29) is 0 Å². The van der Waals surface area contributed by atoms with Gasteiger partial charge in [-0.1, -0.05) is 97.3 Å². The van der Waals surface area contributed by atoms with E-state index in [1.807, 2.05) is 0 Å². The minimum absolute atomic E-state index is 0.452. The fourth-order valence-electron chi connectivity index (χ4n) is 2.97. The molecule has 0 aromatic carbocycles. The van der Waals surface area contributed by atoms with Crippen molar-refractivity contribution in [1.82, 2.24) is 0 Å². The molecule has 1 aliphatic rings. The summed E-state index contributed by atoms with van der Waals surface area (Å²) in [5.74, 6) is -0.904. The molecule has 0 radical (unpaired) electrons. The van der Waals surface area contributed by atoms with Crippen molar-refractivity contribution in [3.05, 3.63) is 0 Å². The molecule has 0 heterocycles. The van der Waals surface area contributed by atoms with E-state index in [1.165, 1.54) is 38.5 Å². The Bertz CT molecular complexity index is 241. The molecule has 1 fully saturated rings. The van der Waals surface area contributed by atoms with Gasteiger partial charge in [-0.25, -0.2) is 0 Å². The molecule has 0 aromatic rings. The second-order valence-corrected chi connectivity index (χ2v) is 5.68. The molecule has 0 heteroatoms. The van der Waals surface area contributed by atoms with Crippen LogP contribution < -0.4 is 0 Å². The maximum Gasteiger partial charge on any atom is 0.0306 e. The Labute approximate surface area is 112 Å². The van der Waals surface area contributed by atoms with Crippen LogP contribution in [0.3, 0.4) is 0 Å². The van der Waals surface area contributed by atoms with Crippen molar-refractivity contribution in [2.45, 2.75) is 97.3 Å². The standard InChI is InChI=1S/C17H34/c1-3-5-7-8-9-13-17-15-11-10-14-16(17)12-6-4-2/h16-17H,3-15H2,1-2H3/i16D,17D. The summed E-state index contributed by atoms with van der Waals surface area (Å²) in [6.45, 7) is 4.44.